The van der Waals surface area contributed by atoms with Crippen LogP contribution in [-0.2, 0) is 11.2 Å². The van der Waals surface area contributed by atoms with Crippen molar-refractivity contribution in [1.29, 1.82) is 0 Å². The maximum Gasteiger partial charge on any atom is 0.261 e. The molecular formula is C8H8ClF2IN2O. The van der Waals surface area contributed by atoms with E-state index in [2.05, 4.69) is 9.97 Å². The Morgan fingerprint density at radius 3 is 2.87 bits per heavy atom. The van der Waals surface area contributed by atoms with Crippen molar-refractivity contribution in [3.05, 3.63) is 20.7 Å². The van der Waals surface area contributed by atoms with Crippen LogP contribution in [0.15, 0.2) is 6.20 Å². The molecule has 0 aliphatic rings. The van der Waals surface area contributed by atoms with E-state index >= 15 is 0 Å². The summed E-state index contributed by atoms with van der Waals surface area (Å²) in [5, 5.41) is 0.370. The fourth-order valence-corrected chi connectivity index (χ4v) is 1.24. The fourth-order valence-electron chi connectivity index (χ4n) is 0.836. The summed E-state index contributed by atoms with van der Waals surface area (Å²) >= 11 is 7.77. The maximum atomic E-state index is 11.7. The molecule has 1 heterocycles. The Morgan fingerprint density at radius 1 is 1.53 bits per heavy atom. The number of alkyl halides is 2. The van der Waals surface area contributed by atoms with Crippen LogP contribution in [0.5, 0.6) is 0 Å². The quantitative estimate of drug-likeness (QED) is 0.466. The number of halogens is 4. The minimum absolute atomic E-state index is 0.168. The lowest BCUT2D eigenvalue weighted by atomic mass is 10.4. The summed E-state index contributed by atoms with van der Waals surface area (Å²) in [5.41, 5.74) is 0. The summed E-state index contributed by atoms with van der Waals surface area (Å²) in [6, 6.07) is 0. The van der Waals surface area contributed by atoms with Crippen LogP contribution < -0.4 is 0 Å². The van der Waals surface area contributed by atoms with Crippen LogP contribution in [-0.4, -0.2) is 29.6 Å². The van der Waals surface area contributed by atoms with Crippen molar-refractivity contribution < 1.29 is 13.5 Å². The predicted molar refractivity (Wildman–Crippen MR) is 60.3 cm³/mol. The van der Waals surface area contributed by atoms with Crippen LogP contribution in [0.1, 0.15) is 5.82 Å². The lowest BCUT2D eigenvalue weighted by Crippen LogP contribution is -2.08. The van der Waals surface area contributed by atoms with Gasteiger partial charge in [-0.05, 0) is 22.6 Å². The third kappa shape index (κ3) is 4.98. The van der Waals surface area contributed by atoms with E-state index in [0.29, 0.717) is 17.4 Å². The first-order valence-electron chi connectivity index (χ1n) is 4.12. The molecular weight excluding hydrogens is 340 g/mol. The van der Waals surface area contributed by atoms with Crippen LogP contribution in [0.4, 0.5) is 8.78 Å². The molecule has 3 nitrogen and oxygen atoms in total. The molecule has 0 atom stereocenters. The number of rotatable bonds is 5. The maximum absolute atomic E-state index is 11.7. The number of aromatic nitrogens is 2. The first-order chi connectivity index (χ1) is 7.09. The molecule has 0 saturated carbocycles. The molecule has 0 radical (unpaired) electrons. The minimum atomic E-state index is -2.44. The van der Waals surface area contributed by atoms with E-state index in [9.17, 15) is 8.78 Å². The van der Waals surface area contributed by atoms with Gasteiger partial charge < -0.3 is 4.74 Å². The van der Waals surface area contributed by atoms with Crippen molar-refractivity contribution >= 4 is 34.2 Å². The van der Waals surface area contributed by atoms with E-state index in [1.807, 2.05) is 22.6 Å². The SMILES string of the molecule is FC(F)COCCc1ncc(I)c(Cl)n1. The van der Waals surface area contributed by atoms with Crippen LogP contribution in [0, 0.1) is 3.57 Å². The first-order valence-corrected chi connectivity index (χ1v) is 5.58. The van der Waals surface area contributed by atoms with Gasteiger partial charge in [-0.15, -0.1) is 0 Å². The van der Waals surface area contributed by atoms with Gasteiger partial charge in [0.15, 0.2) is 0 Å². The molecule has 1 aromatic heterocycles. The summed E-state index contributed by atoms with van der Waals surface area (Å²) < 4.78 is 28.8. The van der Waals surface area contributed by atoms with Crippen LogP contribution in [0.3, 0.4) is 0 Å². The molecule has 1 aromatic rings. The third-order valence-corrected chi connectivity index (χ3v) is 2.86. The van der Waals surface area contributed by atoms with Crippen LogP contribution >= 0.6 is 34.2 Å². The number of hydrogen-bond donors (Lipinski definition) is 0. The molecule has 15 heavy (non-hydrogen) atoms. The standard InChI is InChI=1S/C8H8ClF2IN2O/c9-8-5(12)3-13-7(14-8)1-2-15-4-6(10)11/h3,6H,1-2,4H2. The zero-order valence-corrected chi connectivity index (χ0v) is 10.5. The Labute approximate surface area is 104 Å². The van der Waals surface area contributed by atoms with Crippen molar-refractivity contribution in [2.45, 2.75) is 12.8 Å². The topological polar surface area (TPSA) is 35.0 Å². The van der Waals surface area contributed by atoms with Gasteiger partial charge in [-0.3, -0.25) is 0 Å². The highest BCUT2D eigenvalue weighted by molar-refractivity contribution is 14.1. The second-order valence-electron chi connectivity index (χ2n) is 2.64. The second-order valence-corrected chi connectivity index (χ2v) is 4.16. The van der Waals surface area contributed by atoms with E-state index < -0.39 is 13.0 Å². The predicted octanol–water partition coefficient (Wildman–Crippen LogP) is 2.56. The van der Waals surface area contributed by atoms with Gasteiger partial charge in [0, 0.05) is 12.6 Å². The van der Waals surface area contributed by atoms with Crippen molar-refractivity contribution in [3.8, 4) is 0 Å². The van der Waals surface area contributed by atoms with Gasteiger partial charge in [-0.1, -0.05) is 11.6 Å². The van der Waals surface area contributed by atoms with Gasteiger partial charge in [0.1, 0.15) is 17.6 Å². The molecule has 0 spiro atoms. The van der Waals surface area contributed by atoms with Crippen molar-refractivity contribution in [3.63, 3.8) is 0 Å². The van der Waals surface area contributed by atoms with E-state index in [4.69, 9.17) is 16.3 Å². The molecule has 0 fully saturated rings. The molecule has 0 aliphatic carbocycles. The second kappa shape index (κ2) is 6.49. The summed E-state index contributed by atoms with van der Waals surface area (Å²) in [6.45, 7) is -0.390. The van der Waals surface area contributed by atoms with Gasteiger partial charge in [-0.25, -0.2) is 18.7 Å². The third-order valence-electron chi connectivity index (χ3n) is 1.47. The number of ether oxygens (including phenoxy) is 1. The Hall–Kier alpha value is -0.0800. The normalized spacial score (nSPS) is 11.0. The molecule has 0 aromatic carbocycles. The lowest BCUT2D eigenvalue weighted by molar-refractivity contribution is 0.0183. The van der Waals surface area contributed by atoms with Crippen LogP contribution in [0.2, 0.25) is 5.15 Å². The first kappa shape index (κ1) is 13.0. The molecule has 0 saturated heterocycles. The molecule has 1 rings (SSSR count). The average molecular weight is 349 g/mol. The Morgan fingerprint density at radius 2 is 2.27 bits per heavy atom. The fraction of sp³-hybridized carbons (Fsp3) is 0.500. The molecule has 0 bridgehead atoms. The van der Waals surface area contributed by atoms with Crippen molar-refractivity contribution in [2.24, 2.45) is 0 Å². The van der Waals surface area contributed by atoms with Crippen molar-refractivity contribution in [2.75, 3.05) is 13.2 Å². The monoisotopic (exact) mass is 348 g/mol. The zero-order valence-electron chi connectivity index (χ0n) is 7.59. The number of hydrogen-bond acceptors (Lipinski definition) is 3. The summed E-state index contributed by atoms with van der Waals surface area (Å²) in [6.07, 6.45) is -0.479. The lowest BCUT2D eigenvalue weighted by Gasteiger charge is -2.03. The number of nitrogens with zero attached hydrogens (tertiary/aromatic N) is 2. The minimum Gasteiger partial charge on any atom is -0.375 e. The van der Waals surface area contributed by atoms with E-state index in [1.54, 1.807) is 6.20 Å². The Bertz CT molecular complexity index is 328. The molecule has 0 unspecified atom stereocenters. The van der Waals surface area contributed by atoms with E-state index in [1.165, 1.54) is 0 Å². The van der Waals surface area contributed by atoms with E-state index in [0.717, 1.165) is 3.57 Å². The van der Waals surface area contributed by atoms with Gasteiger partial charge in [0.2, 0.25) is 0 Å². The zero-order chi connectivity index (χ0) is 11.3. The van der Waals surface area contributed by atoms with Crippen LogP contribution in [0.25, 0.3) is 0 Å². The highest BCUT2D eigenvalue weighted by atomic mass is 127. The molecule has 0 aliphatic heterocycles. The molecule has 7 heteroatoms. The summed E-state index contributed by atoms with van der Waals surface area (Å²) in [7, 11) is 0. The molecule has 0 N–H and O–H groups in total. The van der Waals surface area contributed by atoms with Gasteiger partial charge in [0.25, 0.3) is 6.43 Å². The highest BCUT2D eigenvalue weighted by Gasteiger charge is 2.04. The Kier molecular flexibility index (Phi) is 5.62. The largest absolute Gasteiger partial charge is 0.375 e. The van der Waals surface area contributed by atoms with Gasteiger partial charge in [-0.2, -0.15) is 0 Å². The highest BCUT2D eigenvalue weighted by Crippen LogP contribution is 2.13. The molecule has 84 valence electrons. The van der Waals surface area contributed by atoms with Gasteiger partial charge in [0.05, 0.1) is 10.2 Å². The summed E-state index contributed by atoms with van der Waals surface area (Å²) in [5.74, 6) is 0.495. The summed E-state index contributed by atoms with van der Waals surface area (Å²) in [4.78, 5) is 7.95. The van der Waals surface area contributed by atoms with Gasteiger partial charge >= 0.3 is 0 Å². The average Bonchev–Trinajstić information content (AvgIpc) is 2.18. The van der Waals surface area contributed by atoms with E-state index in [-0.39, 0.29) is 6.61 Å². The Balaban J connectivity index is 2.35. The smallest absolute Gasteiger partial charge is 0.261 e. The molecule has 0 amide bonds. The van der Waals surface area contributed by atoms with Crippen molar-refractivity contribution in [1.82, 2.24) is 9.97 Å².